The maximum absolute atomic E-state index is 4.51. The smallest absolute Gasteiger partial charge is 0.190 e. The molecule has 0 unspecified atom stereocenters. The van der Waals surface area contributed by atoms with E-state index < -0.39 is 0 Å². The summed E-state index contributed by atoms with van der Waals surface area (Å²) in [4.78, 5) is 8.88. The van der Waals surface area contributed by atoms with Crippen molar-refractivity contribution in [2.45, 2.75) is 22.9 Å². The van der Waals surface area contributed by atoms with Gasteiger partial charge >= 0.3 is 0 Å². The van der Waals surface area contributed by atoms with Gasteiger partial charge in [0.15, 0.2) is 5.16 Å². The van der Waals surface area contributed by atoms with Crippen molar-refractivity contribution in [3.8, 4) is 0 Å². The summed E-state index contributed by atoms with van der Waals surface area (Å²) >= 11 is 3.30. The molecule has 0 spiro atoms. The molecule has 5 heteroatoms. The number of hydrogen-bond donors (Lipinski definition) is 1. The molecule has 0 aliphatic carbocycles. The van der Waals surface area contributed by atoms with Gasteiger partial charge in [0.05, 0.1) is 0 Å². The summed E-state index contributed by atoms with van der Waals surface area (Å²) in [5.74, 6) is 1.79. The normalized spacial score (nSPS) is 10.5. The molecule has 100 valence electrons. The first-order valence-electron chi connectivity index (χ1n) is 6.00. The van der Waals surface area contributed by atoms with Crippen molar-refractivity contribution < 1.29 is 0 Å². The van der Waals surface area contributed by atoms with E-state index in [9.17, 15) is 0 Å². The van der Waals surface area contributed by atoms with Gasteiger partial charge in [-0.3, -0.25) is 0 Å². The Morgan fingerprint density at radius 2 is 2.05 bits per heavy atom. The second-order valence-electron chi connectivity index (χ2n) is 4.11. The van der Waals surface area contributed by atoms with Crippen molar-refractivity contribution in [2.24, 2.45) is 0 Å². The monoisotopic (exact) mass is 291 g/mol. The lowest BCUT2D eigenvalue weighted by atomic mass is 10.2. The first-order chi connectivity index (χ1) is 9.21. The zero-order valence-corrected chi connectivity index (χ0v) is 12.9. The highest BCUT2D eigenvalue weighted by Gasteiger charge is 2.04. The van der Waals surface area contributed by atoms with Crippen molar-refractivity contribution >= 4 is 29.3 Å². The summed E-state index contributed by atoms with van der Waals surface area (Å²) in [5.41, 5.74) is 2.61. The predicted molar refractivity (Wildman–Crippen MR) is 84.1 cm³/mol. The molecule has 2 rings (SSSR count). The largest absolute Gasteiger partial charge is 0.373 e. The molecule has 0 fully saturated rings. The Kier molecular flexibility index (Phi) is 5.10. The van der Waals surface area contributed by atoms with Gasteiger partial charge < -0.3 is 5.32 Å². The molecule has 19 heavy (non-hydrogen) atoms. The fourth-order valence-electron chi connectivity index (χ4n) is 1.66. The van der Waals surface area contributed by atoms with Crippen molar-refractivity contribution in [2.75, 3.05) is 18.6 Å². The quantitative estimate of drug-likeness (QED) is 0.515. The Morgan fingerprint density at radius 1 is 1.21 bits per heavy atom. The lowest BCUT2D eigenvalue weighted by Gasteiger charge is -2.06. The summed E-state index contributed by atoms with van der Waals surface area (Å²) in [6.07, 6.45) is 1.99. The zero-order chi connectivity index (χ0) is 13.7. The molecule has 0 radical (unpaired) electrons. The van der Waals surface area contributed by atoms with E-state index in [1.807, 2.05) is 19.4 Å². The minimum absolute atomic E-state index is 0.804. The third-order valence-electron chi connectivity index (χ3n) is 2.59. The fourth-order valence-corrected chi connectivity index (χ4v) is 2.93. The number of anilines is 1. The molecule has 0 atom stereocenters. The summed E-state index contributed by atoms with van der Waals surface area (Å²) in [6, 6.07) is 10.6. The van der Waals surface area contributed by atoms with Crippen LogP contribution in [0, 0.1) is 6.92 Å². The molecular formula is C14H17N3S2. The molecule has 2 aromatic rings. The van der Waals surface area contributed by atoms with Gasteiger partial charge in [0.2, 0.25) is 0 Å². The maximum atomic E-state index is 4.51. The van der Waals surface area contributed by atoms with Crippen LogP contribution in [-0.4, -0.2) is 23.3 Å². The third-order valence-corrected chi connectivity index (χ3v) is 4.12. The molecule has 1 aromatic heterocycles. The fraction of sp³-hybridized carbons (Fsp3) is 0.286. The SMILES string of the molecule is CNc1cc(SCc2cccc(C)c2)nc(SC)n1. The number of aryl methyl sites for hydroxylation is 1. The minimum atomic E-state index is 0.804. The van der Waals surface area contributed by atoms with E-state index in [1.54, 1.807) is 23.5 Å². The highest BCUT2D eigenvalue weighted by atomic mass is 32.2. The third kappa shape index (κ3) is 4.14. The van der Waals surface area contributed by atoms with Crippen LogP contribution in [0.15, 0.2) is 40.5 Å². The number of nitrogens with one attached hydrogen (secondary N) is 1. The van der Waals surface area contributed by atoms with Crippen LogP contribution >= 0.6 is 23.5 Å². The van der Waals surface area contributed by atoms with Crippen molar-refractivity contribution in [3.05, 3.63) is 41.5 Å². The number of nitrogens with zero attached hydrogens (tertiary/aromatic N) is 2. The first-order valence-corrected chi connectivity index (χ1v) is 8.21. The molecule has 1 aromatic carbocycles. The van der Waals surface area contributed by atoms with Gasteiger partial charge in [-0.25, -0.2) is 9.97 Å². The van der Waals surface area contributed by atoms with Crippen LogP contribution in [0.2, 0.25) is 0 Å². The molecule has 0 saturated heterocycles. The van der Waals surface area contributed by atoms with E-state index in [1.165, 1.54) is 11.1 Å². The van der Waals surface area contributed by atoms with Crippen molar-refractivity contribution in [3.63, 3.8) is 0 Å². The Hall–Kier alpha value is -1.20. The van der Waals surface area contributed by atoms with E-state index in [0.29, 0.717) is 0 Å². The molecule has 0 saturated carbocycles. The summed E-state index contributed by atoms with van der Waals surface area (Å²) in [5, 5.41) is 4.88. The van der Waals surface area contributed by atoms with Crippen LogP contribution in [0.3, 0.4) is 0 Å². The highest BCUT2D eigenvalue weighted by Crippen LogP contribution is 2.25. The molecule has 0 aliphatic rings. The van der Waals surface area contributed by atoms with Crippen molar-refractivity contribution in [1.29, 1.82) is 0 Å². The minimum Gasteiger partial charge on any atom is -0.373 e. The Morgan fingerprint density at radius 3 is 2.74 bits per heavy atom. The number of aromatic nitrogens is 2. The molecule has 0 bridgehead atoms. The van der Waals surface area contributed by atoms with E-state index in [0.717, 1.165) is 21.8 Å². The molecule has 0 amide bonds. The van der Waals surface area contributed by atoms with Crippen LogP contribution in [0.1, 0.15) is 11.1 Å². The van der Waals surface area contributed by atoms with Crippen LogP contribution < -0.4 is 5.32 Å². The predicted octanol–water partition coefficient (Wildman–Crippen LogP) is 3.84. The summed E-state index contributed by atoms with van der Waals surface area (Å²) in [7, 11) is 1.88. The van der Waals surface area contributed by atoms with Crippen LogP contribution in [0.25, 0.3) is 0 Å². The van der Waals surface area contributed by atoms with Crippen LogP contribution in [0.4, 0.5) is 5.82 Å². The maximum Gasteiger partial charge on any atom is 0.190 e. The standard InChI is InChI=1S/C14H17N3S2/c1-10-5-4-6-11(7-10)9-19-13-8-12(15-2)16-14(17-13)18-3/h4-8H,9H2,1-3H3,(H,15,16,17). The second kappa shape index (κ2) is 6.82. The van der Waals surface area contributed by atoms with E-state index >= 15 is 0 Å². The number of thioether (sulfide) groups is 2. The molecule has 0 aliphatic heterocycles. The van der Waals surface area contributed by atoms with Gasteiger partial charge in [0.1, 0.15) is 10.8 Å². The van der Waals surface area contributed by atoms with Gasteiger partial charge in [-0.1, -0.05) is 41.6 Å². The summed E-state index contributed by atoms with van der Waals surface area (Å²) in [6.45, 7) is 2.11. The van der Waals surface area contributed by atoms with Gasteiger partial charge in [-0.05, 0) is 18.7 Å². The van der Waals surface area contributed by atoms with Crippen molar-refractivity contribution in [1.82, 2.24) is 9.97 Å². The van der Waals surface area contributed by atoms with Gasteiger partial charge in [0, 0.05) is 18.9 Å². The molecule has 1 N–H and O–H groups in total. The topological polar surface area (TPSA) is 37.8 Å². The Bertz CT molecular complexity index is 536. The molecule has 3 nitrogen and oxygen atoms in total. The number of rotatable bonds is 5. The number of benzene rings is 1. The molecular weight excluding hydrogens is 274 g/mol. The van der Waals surface area contributed by atoms with E-state index in [-0.39, 0.29) is 0 Å². The first kappa shape index (κ1) is 14.2. The van der Waals surface area contributed by atoms with Gasteiger partial charge in [-0.2, -0.15) is 0 Å². The van der Waals surface area contributed by atoms with Gasteiger partial charge in [-0.15, -0.1) is 11.8 Å². The van der Waals surface area contributed by atoms with E-state index in [2.05, 4.69) is 46.5 Å². The Labute approximate surface area is 122 Å². The highest BCUT2D eigenvalue weighted by molar-refractivity contribution is 7.99. The lowest BCUT2D eigenvalue weighted by molar-refractivity contribution is 0.897. The average molecular weight is 291 g/mol. The second-order valence-corrected chi connectivity index (χ2v) is 5.87. The van der Waals surface area contributed by atoms with Crippen LogP contribution in [0.5, 0.6) is 0 Å². The lowest BCUT2D eigenvalue weighted by Crippen LogP contribution is -1.97. The van der Waals surface area contributed by atoms with Crippen LogP contribution in [-0.2, 0) is 5.75 Å². The summed E-state index contributed by atoms with van der Waals surface area (Å²) < 4.78 is 0. The molecule has 1 heterocycles. The zero-order valence-electron chi connectivity index (χ0n) is 11.3. The van der Waals surface area contributed by atoms with E-state index in [4.69, 9.17) is 0 Å². The van der Waals surface area contributed by atoms with Gasteiger partial charge in [0.25, 0.3) is 0 Å². The number of hydrogen-bond acceptors (Lipinski definition) is 5. The average Bonchev–Trinajstić information content (AvgIpc) is 2.44. The Balaban J connectivity index is 2.10.